The molecule has 20 heavy (non-hydrogen) atoms. The minimum atomic E-state index is -3.71. The average molecular weight is 303 g/mol. The first-order valence-electron chi connectivity index (χ1n) is 6.77. The van der Waals surface area contributed by atoms with Gasteiger partial charge in [0.05, 0.1) is 12.7 Å². The molecule has 0 aromatic carbocycles. The molecule has 0 bridgehead atoms. The molecule has 1 aromatic rings. The molecular weight excluding hydrogens is 282 g/mol. The normalized spacial score (nSPS) is 19.9. The summed E-state index contributed by atoms with van der Waals surface area (Å²) in [5.41, 5.74) is 0.898. The van der Waals surface area contributed by atoms with Crippen molar-refractivity contribution in [1.29, 1.82) is 0 Å². The number of nitrogens with one attached hydrogen (secondary N) is 1. The first kappa shape index (κ1) is 15.4. The number of rotatable bonds is 6. The van der Waals surface area contributed by atoms with Gasteiger partial charge in [0.2, 0.25) is 0 Å². The van der Waals surface area contributed by atoms with E-state index in [1.807, 2.05) is 0 Å². The summed E-state index contributed by atoms with van der Waals surface area (Å²) < 4.78 is 32.1. The van der Waals surface area contributed by atoms with Gasteiger partial charge < -0.3 is 9.84 Å². The van der Waals surface area contributed by atoms with Crippen molar-refractivity contribution in [3.63, 3.8) is 0 Å². The van der Waals surface area contributed by atoms with E-state index in [0.29, 0.717) is 31.0 Å². The maximum Gasteiger partial charge on any atom is 0.262 e. The van der Waals surface area contributed by atoms with Gasteiger partial charge in [0, 0.05) is 31.0 Å². The first-order valence-corrected chi connectivity index (χ1v) is 8.21. The second-order valence-corrected chi connectivity index (χ2v) is 6.73. The number of aliphatic hydroxyl groups excluding tert-OH is 1. The topological polar surface area (TPSA) is 95.5 Å². The van der Waals surface area contributed by atoms with Gasteiger partial charge in [-0.1, -0.05) is 6.92 Å². The summed E-state index contributed by atoms with van der Waals surface area (Å²) in [6.45, 7) is 4.48. The van der Waals surface area contributed by atoms with Gasteiger partial charge in [-0.3, -0.25) is 5.10 Å². The van der Waals surface area contributed by atoms with E-state index in [1.54, 1.807) is 13.8 Å². The number of aliphatic hydroxyl groups is 1. The van der Waals surface area contributed by atoms with Crippen LogP contribution in [0.5, 0.6) is 0 Å². The molecule has 0 radical (unpaired) electrons. The number of ether oxygens (including phenoxy) is 1. The van der Waals surface area contributed by atoms with E-state index in [4.69, 9.17) is 4.74 Å². The standard InChI is InChI=1S/C12H21N3O4S/c1-3-15(7-10-5-4-6-19-10)20(17,18)12-11(8-16)9(2)13-14-12/h10,16H,3-8H2,1-2H3,(H,13,14). The third kappa shape index (κ3) is 2.88. The number of aromatic amines is 1. The van der Waals surface area contributed by atoms with Crippen molar-refractivity contribution >= 4 is 10.0 Å². The zero-order valence-corrected chi connectivity index (χ0v) is 12.6. The molecule has 8 heteroatoms. The van der Waals surface area contributed by atoms with Gasteiger partial charge in [-0.05, 0) is 19.8 Å². The number of nitrogens with zero attached hydrogens (tertiary/aromatic N) is 2. The number of likely N-dealkylation sites (N-methyl/N-ethyl adjacent to an activating group) is 1. The van der Waals surface area contributed by atoms with E-state index in [-0.39, 0.29) is 17.7 Å². The Hall–Kier alpha value is -0.960. The van der Waals surface area contributed by atoms with Crippen LogP contribution in [0, 0.1) is 6.92 Å². The summed E-state index contributed by atoms with van der Waals surface area (Å²) in [5, 5.41) is 15.7. The van der Waals surface area contributed by atoms with Crippen LogP contribution < -0.4 is 0 Å². The molecule has 0 aliphatic carbocycles. The highest BCUT2D eigenvalue weighted by molar-refractivity contribution is 7.89. The maximum atomic E-state index is 12.6. The highest BCUT2D eigenvalue weighted by atomic mass is 32.2. The quantitative estimate of drug-likeness (QED) is 0.793. The van der Waals surface area contributed by atoms with Gasteiger partial charge in [-0.15, -0.1) is 0 Å². The van der Waals surface area contributed by atoms with Crippen LogP contribution in [-0.4, -0.2) is 53.8 Å². The van der Waals surface area contributed by atoms with Crippen molar-refractivity contribution in [2.75, 3.05) is 19.7 Å². The molecule has 0 amide bonds. The predicted molar refractivity (Wildman–Crippen MR) is 72.7 cm³/mol. The predicted octanol–water partition coefficient (Wildman–Crippen LogP) is 0.400. The largest absolute Gasteiger partial charge is 0.392 e. The molecular formula is C12H21N3O4S. The van der Waals surface area contributed by atoms with E-state index in [0.717, 1.165) is 12.8 Å². The van der Waals surface area contributed by atoms with Crippen LogP contribution in [0.1, 0.15) is 31.0 Å². The van der Waals surface area contributed by atoms with Gasteiger partial charge in [-0.25, -0.2) is 8.42 Å². The zero-order chi connectivity index (χ0) is 14.8. The SMILES string of the molecule is CCN(CC1CCCO1)S(=O)(=O)c1n[nH]c(C)c1CO. The van der Waals surface area contributed by atoms with Crippen molar-refractivity contribution in [2.24, 2.45) is 0 Å². The second-order valence-electron chi connectivity index (χ2n) is 4.88. The molecule has 2 heterocycles. The van der Waals surface area contributed by atoms with E-state index in [9.17, 15) is 13.5 Å². The fourth-order valence-corrected chi connectivity index (χ4v) is 4.00. The summed E-state index contributed by atoms with van der Waals surface area (Å²) in [6, 6.07) is 0. The molecule has 2 N–H and O–H groups in total. The van der Waals surface area contributed by atoms with Crippen LogP contribution in [0.3, 0.4) is 0 Å². The lowest BCUT2D eigenvalue weighted by atomic mass is 10.2. The Morgan fingerprint density at radius 3 is 2.85 bits per heavy atom. The molecule has 7 nitrogen and oxygen atoms in total. The van der Waals surface area contributed by atoms with Crippen molar-refractivity contribution in [3.8, 4) is 0 Å². The van der Waals surface area contributed by atoms with E-state index >= 15 is 0 Å². The van der Waals surface area contributed by atoms with Crippen molar-refractivity contribution in [2.45, 2.75) is 44.4 Å². The Morgan fingerprint density at radius 2 is 2.30 bits per heavy atom. The number of aryl methyl sites for hydroxylation is 1. The number of aromatic nitrogens is 2. The van der Waals surface area contributed by atoms with Crippen molar-refractivity contribution in [1.82, 2.24) is 14.5 Å². The Labute approximate surface area is 119 Å². The Bertz CT molecular complexity index is 549. The molecule has 1 atom stereocenters. The maximum absolute atomic E-state index is 12.6. The highest BCUT2D eigenvalue weighted by Crippen LogP contribution is 2.22. The van der Waals surface area contributed by atoms with Gasteiger partial charge in [0.25, 0.3) is 10.0 Å². The van der Waals surface area contributed by atoms with Crippen molar-refractivity contribution in [3.05, 3.63) is 11.3 Å². The van der Waals surface area contributed by atoms with E-state index in [2.05, 4.69) is 10.2 Å². The van der Waals surface area contributed by atoms with E-state index < -0.39 is 10.0 Å². The lowest BCUT2D eigenvalue weighted by Crippen LogP contribution is -2.37. The highest BCUT2D eigenvalue weighted by Gasteiger charge is 2.32. The minimum absolute atomic E-state index is 0.0534. The van der Waals surface area contributed by atoms with Crippen molar-refractivity contribution < 1.29 is 18.3 Å². The van der Waals surface area contributed by atoms with Crippen LogP contribution in [-0.2, 0) is 21.4 Å². The molecule has 1 aliphatic rings. The molecule has 1 saturated heterocycles. The molecule has 1 aromatic heterocycles. The Morgan fingerprint density at radius 1 is 1.55 bits per heavy atom. The van der Waals surface area contributed by atoms with Gasteiger partial charge in [0.15, 0.2) is 5.03 Å². The smallest absolute Gasteiger partial charge is 0.262 e. The van der Waals surface area contributed by atoms with Crippen LogP contribution in [0.25, 0.3) is 0 Å². The molecule has 1 unspecified atom stereocenters. The summed E-state index contributed by atoms with van der Waals surface area (Å²) in [4.78, 5) is 0. The molecule has 0 saturated carbocycles. The fourth-order valence-electron chi connectivity index (χ4n) is 2.36. The Kier molecular flexibility index (Phi) is 4.79. The third-order valence-electron chi connectivity index (χ3n) is 3.56. The molecule has 1 fully saturated rings. The lowest BCUT2D eigenvalue weighted by Gasteiger charge is -2.22. The molecule has 114 valence electrons. The van der Waals surface area contributed by atoms with Crippen LogP contribution in [0.15, 0.2) is 5.03 Å². The van der Waals surface area contributed by atoms with Crippen LogP contribution in [0.4, 0.5) is 0 Å². The van der Waals surface area contributed by atoms with Crippen LogP contribution >= 0.6 is 0 Å². The number of hydrogen-bond donors (Lipinski definition) is 2. The molecule has 2 rings (SSSR count). The number of hydrogen-bond acceptors (Lipinski definition) is 5. The second kappa shape index (κ2) is 6.21. The minimum Gasteiger partial charge on any atom is -0.392 e. The summed E-state index contributed by atoms with van der Waals surface area (Å²) in [5.74, 6) is 0. The Balaban J connectivity index is 2.26. The van der Waals surface area contributed by atoms with Gasteiger partial charge >= 0.3 is 0 Å². The first-order chi connectivity index (χ1) is 9.50. The zero-order valence-electron chi connectivity index (χ0n) is 11.8. The number of H-pyrrole nitrogens is 1. The van der Waals surface area contributed by atoms with E-state index in [1.165, 1.54) is 4.31 Å². The third-order valence-corrected chi connectivity index (χ3v) is 5.48. The lowest BCUT2D eigenvalue weighted by molar-refractivity contribution is 0.0946. The monoisotopic (exact) mass is 303 g/mol. The average Bonchev–Trinajstić information content (AvgIpc) is 3.04. The number of sulfonamides is 1. The summed E-state index contributed by atoms with van der Waals surface area (Å²) >= 11 is 0. The molecule has 0 spiro atoms. The summed E-state index contributed by atoms with van der Waals surface area (Å²) in [6.07, 6.45) is 1.78. The van der Waals surface area contributed by atoms with Gasteiger partial charge in [-0.2, -0.15) is 9.40 Å². The summed E-state index contributed by atoms with van der Waals surface area (Å²) in [7, 11) is -3.71. The van der Waals surface area contributed by atoms with Crippen LogP contribution in [0.2, 0.25) is 0 Å². The van der Waals surface area contributed by atoms with Gasteiger partial charge in [0.1, 0.15) is 0 Å². The fraction of sp³-hybridized carbons (Fsp3) is 0.750. The molecule has 1 aliphatic heterocycles.